The molecule has 1 atom stereocenters. The van der Waals surface area contributed by atoms with E-state index in [1.54, 1.807) is 37.3 Å². The highest BCUT2D eigenvalue weighted by atomic mass is 16.6. The van der Waals surface area contributed by atoms with Crippen LogP contribution in [0.5, 0.6) is 5.75 Å². The molecule has 7 nitrogen and oxygen atoms in total. The summed E-state index contributed by atoms with van der Waals surface area (Å²) in [7, 11) is 0. The average molecular weight is 384 g/mol. The Balaban J connectivity index is 2.06. The molecule has 0 radical (unpaired) electrons. The zero-order chi connectivity index (χ0) is 20.5. The van der Waals surface area contributed by atoms with Gasteiger partial charge in [-0.1, -0.05) is 42.5 Å². The fourth-order valence-electron chi connectivity index (χ4n) is 2.45. The summed E-state index contributed by atoms with van der Waals surface area (Å²) in [5, 5.41) is 4.63. The van der Waals surface area contributed by atoms with Crippen LogP contribution in [0.3, 0.4) is 0 Å². The van der Waals surface area contributed by atoms with Crippen molar-refractivity contribution in [1.29, 1.82) is 0 Å². The van der Waals surface area contributed by atoms with E-state index in [4.69, 9.17) is 9.47 Å². The standard InChI is InChI=1S/C21H24N2O5/c1-4-22-21(26)23-20(25)19(16-8-6-5-7-9-16)28-18(24)13-27-17-12-14(2)10-11-15(17)3/h5-12,19H,4,13H2,1-3H3,(H2,22,23,25,26)/t19-/m0/s1. The number of benzene rings is 2. The molecule has 0 aromatic heterocycles. The number of imide groups is 1. The lowest BCUT2D eigenvalue weighted by Gasteiger charge is -2.18. The first-order valence-electron chi connectivity index (χ1n) is 8.94. The Kier molecular flexibility index (Phi) is 7.56. The number of aryl methyl sites for hydroxylation is 2. The first-order chi connectivity index (χ1) is 13.4. The van der Waals surface area contributed by atoms with Gasteiger partial charge in [-0.25, -0.2) is 9.59 Å². The number of hydrogen-bond acceptors (Lipinski definition) is 5. The van der Waals surface area contributed by atoms with Gasteiger partial charge in [-0.3, -0.25) is 10.1 Å². The van der Waals surface area contributed by atoms with Crippen molar-refractivity contribution in [2.45, 2.75) is 26.9 Å². The maximum Gasteiger partial charge on any atom is 0.345 e. The number of carbonyl (C=O) groups is 3. The van der Waals surface area contributed by atoms with Gasteiger partial charge in [-0.2, -0.15) is 0 Å². The van der Waals surface area contributed by atoms with Gasteiger partial charge >= 0.3 is 12.0 Å². The molecule has 0 aliphatic carbocycles. The van der Waals surface area contributed by atoms with Gasteiger partial charge in [0, 0.05) is 12.1 Å². The lowest BCUT2D eigenvalue weighted by atomic mass is 10.1. The minimum absolute atomic E-state index is 0.359. The van der Waals surface area contributed by atoms with Gasteiger partial charge in [0.2, 0.25) is 6.10 Å². The first kappa shape index (κ1) is 21.0. The molecule has 0 spiro atoms. The monoisotopic (exact) mass is 384 g/mol. The van der Waals surface area contributed by atoms with E-state index in [1.165, 1.54) is 0 Å². The number of carbonyl (C=O) groups excluding carboxylic acids is 3. The fraction of sp³-hybridized carbons (Fsp3) is 0.286. The Morgan fingerprint density at radius 2 is 1.75 bits per heavy atom. The molecule has 0 aliphatic rings. The summed E-state index contributed by atoms with van der Waals surface area (Å²) in [5.74, 6) is -0.891. The summed E-state index contributed by atoms with van der Waals surface area (Å²) >= 11 is 0. The Labute approximate surface area is 164 Å². The summed E-state index contributed by atoms with van der Waals surface area (Å²) in [6.07, 6.45) is -1.27. The van der Waals surface area contributed by atoms with E-state index in [-0.39, 0.29) is 6.61 Å². The highest BCUT2D eigenvalue weighted by molar-refractivity contribution is 5.97. The van der Waals surface area contributed by atoms with Gasteiger partial charge in [-0.05, 0) is 38.0 Å². The number of urea groups is 1. The number of esters is 1. The van der Waals surface area contributed by atoms with E-state index in [0.717, 1.165) is 11.1 Å². The summed E-state index contributed by atoms with van der Waals surface area (Å²) in [4.78, 5) is 36.4. The third-order valence-corrected chi connectivity index (χ3v) is 3.85. The summed E-state index contributed by atoms with van der Waals surface area (Å²) in [6, 6.07) is 13.5. The molecular weight excluding hydrogens is 360 g/mol. The third kappa shape index (κ3) is 6.12. The van der Waals surface area contributed by atoms with Crippen molar-refractivity contribution >= 4 is 17.9 Å². The molecule has 148 valence electrons. The molecule has 0 aliphatic heterocycles. The molecule has 0 saturated carbocycles. The van der Waals surface area contributed by atoms with Crippen molar-refractivity contribution in [3.8, 4) is 5.75 Å². The Bertz CT molecular complexity index is 836. The highest BCUT2D eigenvalue weighted by Crippen LogP contribution is 2.21. The topological polar surface area (TPSA) is 93.7 Å². The van der Waals surface area contributed by atoms with E-state index in [2.05, 4.69) is 10.6 Å². The second-order valence-electron chi connectivity index (χ2n) is 6.19. The van der Waals surface area contributed by atoms with Crippen LogP contribution in [0.15, 0.2) is 48.5 Å². The lowest BCUT2D eigenvalue weighted by Crippen LogP contribution is -2.42. The molecule has 0 unspecified atom stereocenters. The molecule has 2 rings (SSSR count). The number of hydrogen-bond donors (Lipinski definition) is 2. The number of nitrogens with one attached hydrogen (secondary N) is 2. The molecule has 2 aromatic carbocycles. The second-order valence-corrected chi connectivity index (χ2v) is 6.19. The van der Waals surface area contributed by atoms with Crippen LogP contribution in [-0.4, -0.2) is 31.1 Å². The van der Waals surface area contributed by atoms with Gasteiger partial charge in [0.1, 0.15) is 5.75 Å². The summed E-state index contributed by atoms with van der Waals surface area (Å²) in [5.41, 5.74) is 2.33. The zero-order valence-corrected chi connectivity index (χ0v) is 16.2. The van der Waals surface area contributed by atoms with Gasteiger partial charge < -0.3 is 14.8 Å². The van der Waals surface area contributed by atoms with Crippen LogP contribution in [0.25, 0.3) is 0 Å². The molecule has 0 fully saturated rings. The molecule has 0 heterocycles. The van der Waals surface area contributed by atoms with Gasteiger partial charge in [0.25, 0.3) is 5.91 Å². The molecule has 28 heavy (non-hydrogen) atoms. The van der Waals surface area contributed by atoms with Crippen LogP contribution < -0.4 is 15.4 Å². The predicted octanol–water partition coefficient (Wildman–Crippen LogP) is 2.81. The largest absolute Gasteiger partial charge is 0.482 e. The minimum Gasteiger partial charge on any atom is -0.482 e. The molecule has 2 N–H and O–H groups in total. The molecule has 3 amide bonds. The molecule has 2 aromatic rings. The molecule has 7 heteroatoms. The van der Waals surface area contributed by atoms with Gasteiger partial charge in [-0.15, -0.1) is 0 Å². The van der Waals surface area contributed by atoms with Crippen molar-refractivity contribution in [2.24, 2.45) is 0 Å². The van der Waals surface area contributed by atoms with E-state index >= 15 is 0 Å². The maximum atomic E-state index is 12.4. The zero-order valence-electron chi connectivity index (χ0n) is 16.2. The SMILES string of the molecule is CCNC(=O)NC(=O)[C@@H](OC(=O)COc1cc(C)ccc1C)c1ccccc1. The van der Waals surface area contributed by atoms with Crippen molar-refractivity contribution in [3.63, 3.8) is 0 Å². The maximum absolute atomic E-state index is 12.4. The van der Waals surface area contributed by atoms with E-state index in [9.17, 15) is 14.4 Å². The molecule has 0 bridgehead atoms. The van der Waals surface area contributed by atoms with Crippen LogP contribution >= 0.6 is 0 Å². The van der Waals surface area contributed by atoms with Crippen LogP contribution in [-0.2, 0) is 14.3 Å². The average Bonchev–Trinajstić information content (AvgIpc) is 2.67. The number of rotatable bonds is 7. The van der Waals surface area contributed by atoms with Crippen molar-refractivity contribution in [3.05, 3.63) is 65.2 Å². The van der Waals surface area contributed by atoms with E-state index in [0.29, 0.717) is 17.9 Å². The van der Waals surface area contributed by atoms with Crippen LogP contribution in [0.4, 0.5) is 4.79 Å². The van der Waals surface area contributed by atoms with Gasteiger partial charge in [0.15, 0.2) is 6.61 Å². The van der Waals surface area contributed by atoms with Crippen LogP contribution in [0.1, 0.15) is 29.7 Å². The molecule has 0 saturated heterocycles. The summed E-state index contributed by atoms with van der Waals surface area (Å²) in [6.45, 7) is 5.51. The second kappa shape index (κ2) is 10.1. The minimum atomic E-state index is -1.27. The van der Waals surface area contributed by atoms with E-state index in [1.807, 2.05) is 32.0 Å². The van der Waals surface area contributed by atoms with Gasteiger partial charge in [0.05, 0.1) is 0 Å². The van der Waals surface area contributed by atoms with Crippen molar-refractivity contribution < 1.29 is 23.9 Å². The quantitative estimate of drug-likeness (QED) is 0.716. The van der Waals surface area contributed by atoms with Crippen LogP contribution in [0, 0.1) is 13.8 Å². The Hall–Kier alpha value is -3.35. The normalized spacial score (nSPS) is 11.2. The Morgan fingerprint density at radius 1 is 1.04 bits per heavy atom. The molecular formula is C21H24N2O5. The smallest absolute Gasteiger partial charge is 0.345 e. The Morgan fingerprint density at radius 3 is 2.43 bits per heavy atom. The van der Waals surface area contributed by atoms with E-state index < -0.39 is 24.0 Å². The predicted molar refractivity (Wildman–Crippen MR) is 104 cm³/mol. The number of ether oxygens (including phenoxy) is 2. The van der Waals surface area contributed by atoms with Crippen molar-refractivity contribution in [1.82, 2.24) is 10.6 Å². The first-order valence-corrected chi connectivity index (χ1v) is 8.94. The fourth-order valence-corrected chi connectivity index (χ4v) is 2.45. The lowest BCUT2D eigenvalue weighted by molar-refractivity contribution is -0.158. The van der Waals surface area contributed by atoms with Crippen molar-refractivity contribution in [2.75, 3.05) is 13.2 Å². The third-order valence-electron chi connectivity index (χ3n) is 3.85. The van der Waals surface area contributed by atoms with Crippen LogP contribution in [0.2, 0.25) is 0 Å². The number of amides is 3. The highest BCUT2D eigenvalue weighted by Gasteiger charge is 2.26. The summed E-state index contributed by atoms with van der Waals surface area (Å²) < 4.78 is 10.8.